The third kappa shape index (κ3) is 3.68. The van der Waals surface area contributed by atoms with Crippen molar-refractivity contribution in [2.75, 3.05) is 5.32 Å². The number of nitrogens with zero attached hydrogens (tertiary/aromatic N) is 3. The van der Waals surface area contributed by atoms with Crippen LogP contribution in [0, 0.1) is 6.92 Å². The van der Waals surface area contributed by atoms with Crippen LogP contribution in [0.4, 0.5) is 24.8 Å². The molecular formula is C14H15F3N4. The Hall–Kier alpha value is -2.18. The molecule has 0 atom stereocenters. The third-order valence-corrected chi connectivity index (χ3v) is 2.89. The summed E-state index contributed by atoms with van der Waals surface area (Å²) in [5.74, 6) is 0.176. The lowest BCUT2D eigenvalue weighted by Crippen LogP contribution is -2.10. The normalized spacial score (nSPS) is 11.8. The van der Waals surface area contributed by atoms with Gasteiger partial charge in [0.2, 0.25) is 5.95 Å². The lowest BCUT2D eigenvalue weighted by Gasteiger charge is -2.12. The van der Waals surface area contributed by atoms with E-state index in [2.05, 4.69) is 20.3 Å². The fraction of sp³-hybridized carbons (Fsp3) is 0.357. The van der Waals surface area contributed by atoms with Crippen LogP contribution in [0.25, 0.3) is 0 Å². The quantitative estimate of drug-likeness (QED) is 0.927. The van der Waals surface area contributed by atoms with E-state index < -0.39 is 11.9 Å². The predicted octanol–water partition coefficient (Wildman–Crippen LogP) is 4.07. The molecule has 4 nitrogen and oxygen atoms in total. The van der Waals surface area contributed by atoms with Crippen molar-refractivity contribution in [3.05, 3.63) is 41.5 Å². The van der Waals surface area contributed by atoms with Crippen molar-refractivity contribution in [1.82, 2.24) is 15.0 Å². The Morgan fingerprint density at radius 2 is 1.81 bits per heavy atom. The number of anilines is 2. The Morgan fingerprint density at radius 3 is 2.38 bits per heavy atom. The fourth-order valence-electron chi connectivity index (χ4n) is 1.73. The van der Waals surface area contributed by atoms with Crippen molar-refractivity contribution in [1.29, 1.82) is 0 Å². The van der Waals surface area contributed by atoms with E-state index in [0.717, 1.165) is 18.0 Å². The first-order valence-electron chi connectivity index (χ1n) is 6.42. The Morgan fingerprint density at radius 1 is 1.10 bits per heavy atom. The number of aromatic nitrogens is 3. The second-order valence-corrected chi connectivity index (χ2v) is 4.91. The van der Waals surface area contributed by atoms with Crippen molar-refractivity contribution >= 4 is 11.6 Å². The average molecular weight is 296 g/mol. The highest BCUT2D eigenvalue weighted by Crippen LogP contribution is 2.28. The first-order chi connectivity index (χ1) is 9.77. The minimum Gasteiger partial charge on any atom is -0.323 e. The van der Waals surface area contributed by atoms with Crippen molar-refractivity contribution in [2.45, 2.75) is 32.9 Å². The van der Waals surface area contributed by atoms with Gasteiger partial charge in [-0.25, -0.2) is 9.97 Å². The minimum absolute atomic E-state index is 0.105. The van der Waals surface area contributed by atoms with E-state index >= 15 is 0 Å². The maximum absolute atomic E-state index is 12.6. The van der Waals surface area contributed by atoms with Crippen LogP contribution in [0.3, 0.4) is 0 Å². The average Bonchev–Trinajstić information content (AvgIpc) is 2.40. The van der Waals surface area contributed by atoms with Gasteiger partial charge in [0.15, 0.2) is 0 Å². The lowest BCUT2D eigenvalue weighted by molar-refractivity contribution is -0.141. The fourth-order valence-corrected chi connectivity index (χ4v) is 1.73. The second kappa shape index (κ2) is 5.67. The van der Waals surface area contributed by atoms with Crippen molar-refractivity contribution in [3.63, 3.8) is 0 Å². The maximum Gasteiger partial charge on any atom is 0.433 e. The molecule has 0 bridgehead atoms. The number of nitrogens with one attached hydrogen (secondary N) is 1. The van der Waals surface area contributed by atoms with Crippen LogP contribution >= 0.6 is 0 Å². The molecule has 0 radical (unpaired) electrons. The summed E-state index contributed by atoms with van der Waals surface area (Å²) in [4.78, 5) is 11.7. The van der Waals surface area contributed by atoms with E-state index in [1.54, 1.807) is 13.0 Å². The van der Waals surface area contributed by atoms with Crippen LogP contribution in [-0.4, -0.2) is 15.0 Å². The lowest BCUT2D eigenvalue weighted by atomic mass is 10.1. The molecule has 21 heavy (non-hydrogen) atoms. The van der Waals surface area contributed by atoms with E-state index in [1.807, 2.05) is 19.9 Å². The zero-order chi connectivity index (χ0) is 15.6. The van der Waals surface area contributed by atoms with Crippen LogP contribution in [0.5, 0.6) is 0 Å². The molecule has 0 aliphatic heterocycles. The molecule has 0 aliphatic carbocycles. The second-order valence-electron chi connectivity index (χ2n) is 4.91. The highest BCUT2D eigenvalue weighted by Gasteiger charge is 2.32. The van der Waals surface area contributed by atoms with Crippen LogP contribution < -0.4 is 5.32 Å². The number of rotatable bonds is 3. The topological polar surface area (TPSA) is 50.7 Å². The Labute approximate surface area is 120 Å². The molecule has 2 rings (SSSR count). The number of halogens is 3. The molecule has 2 heterocycles. The number of alkyl halides is 3. The molecule has 112 valence electrons. The molecule has 0 aliphatic rings. The molecular weight excluding hydrogens is 281 g/mol. The summed E-state index contributed by atoms with van der Waals surface area (Å²) in [5.41, 5.74) is 1.20. The first-order valence-corrected chi connectivity index (χ1v) is 6.42. The summed E-state index contributed by atoms with van der Waals surface area (Å²) in [5, 5.41) is 2.77. The Kier molecular flexibility index (Phi) is 4.11. The van der Waals surface area contributed by atoms with Gasteiger partial charge in [0.05, 0.1) is 11.4 Å². The number of pyridine rings is 1. The Bertz CT molecular complexity index is 638. The van der Waals surface area contributed by atoms with Gasteiger partial charge in [0.1, 0.15) is 5.69 Å². The van der Waals surface area contributed by atoms with Gasteiger partial charge in [0, 0.05) is 11.9 Å². The van der Waals surface area contributed by atoms with Crippen LogP contribution in [-0.2, 0) is 6.18 Å². The zero-order valence-electron chi connectivity index (χ0n) is 11.9. The summed E-state index contributed by atoms with van der Waals surface area (Å²) >= 11 is 0. The standard InChI is InChI=1S/C14H15F3N4/c1-8(2)10-4-5-11(9(3)19-10)20-13-18-7-6-12(21-13)14(15,16)17/h4-8H,1-3H3,(H,18,20,21). The zero-order valence-corrected chi connectivity index (χ0v) is 11.9. The van der Waals surface area contributed by atoms with E-state index in [1.165, 1.54) is 0 Å². The van der Waals surface area contributed by atoms with E-state index in [4.69, 9.17) is 0 Å². The third-order valence-electron chi connectivity index (χ3n) is 2.89. The highest BCUT2D eigenvalue weighted by atomic mass is 19.4. The van der Waals surface area contributed by atoms with E-state index in [-0.39, 0.29) is 11.9 Å². The summed E-state index contributed by atoms with van der Waals surface area (Å²) in [7, 11) is 0. The summed E-state index contributed by atoms with van der Waals surface area (Å²) in [6, 6.07) is 4.42. The van der Waals surface area contributed by atoms with Crippen LogP contribution in [0.15, 0.2) is 24.4 Å². The van der Waals surface area contributed by atoms with Gasteiger partial charge in [-0.15, -0.1) is 0 Å². The minimum atomic E-state index is -4.49. The van der Waals surface area contributed by atoms with Gasteiger partial charge >= 0.3 is 6.18 Å². The SMILES string of the molecule is Cc1nc(C(C)C)ccc1Nc1nccc(C(F)(F)F)n1. The van der Waals surface area contributed by atoms with E-state index in [9.17, 15) is 13.2 Å². The molecule has 0 unspecified atom stereocenters. The monoisotopic (exact) mass is 296 g/mol. The van der Waals surface area contributed by atoms with Crippen molar-refractivity contribution in [3.8, 4) is 0 Å². The maximum atomic E-state index is 12.6. The molecule has 1 N–H and O–H groups in total. The summed E-state index contributed by atoms with van der Waals surface area (Å²) in [6.45, 7) is 5.82. The molecule has 0 amide bonds. The Balaban J connectivity index is 2.26. The van der Waals surface area contributed by atoms with Crippen LogP contribution in [0.2, 0.25) is 0 Å². The summed E-state index contributed by atoms with van der Waals surface area (Å²) < 4.78 is 37.8. The van der Waals surface area contributed by atoms with Gasteiger partial charge in [-0.05, 0) is 31.0 Å². The molecule has 0 fully saturated rings. The highest BCUT2D eigenvalue weighted by molar-refractivity contribution is 5.56. The molecule has 0 saturated heterocycles. The molecule has 7 heteroatoms. The van der Waals surface area contributed by atoms with Crippen molar-refractivity contribution < 1.29 is 13.2 Å². The van der Waals surface area contributed by atoms with Gasteiger partial charge in [-0.3, -0.25) is 4.98 Å². The van der Waals surface area contributed by atoms with Crippen molar-refractivity contribution in [2.24, 2.45) is 0 Å². The predicted molar refractivity (Wildman–Crippen MR) is 73.4 cm³/mol. The van der Waals surface area contributed by atoms with Gasteiger partial charge in [-0.1, -0.05) is 13.8 Å². The molecule has 2 aromatic heterocycles. The van der Waals surface area contributed by atoms with Gasteiger partial charge in [0.25, 0.3) is 0 Å². The first kappa shape index (κ1) is 15.2. The molecule has 0 aromatic carbocycles. The molecule has 0 spiro atoms. The summed E-state index contributed by atoms with van der Waals surface area (Å²) in [6.07, 6.45) is -3.42. The number of aryl methyl sites for hydroxylation is 1. The smallest absolute Gasteiger partial charge is 0.323 e. The van der Waals surface area contributed by atoms with Gasteiger partial charge in [-0.2, -0.15) is 13.2 Å². The van der Waals surface area contributed by atoms with E-state index in [0.29, 0.717) is 11.4 Å². The largest absolute Gasteiger partial charge is 0.433 e. The number of hydrogen-bond donors (Lipinski definition) is 1. The number of hydrogen-bond acceptors (Lipinski definition) is 4. The van der Waals surface area contributed by atoms with Gasteiger partial charge < -0.3 is 5.32 Å². The molecule has 0 saturated carbocycles. The van der Waals surface area contributed by atoms with Crippen LogP contribution in [0.1, 0.15) is 36.8 Å². The molecule has 2 aromatic rings.